The average molecular weight is 451 g/mol. The predicted molar refractivity (Wildman–Crippen MR) is 126 cm³/mol. The maximum atomic E-state index is 13.0. The zero-order valence-corrected chi connectivity index (χ0v) is 19.7. The third kappa shape index (κ3) is 4.31. The lowest BCUT2D eigenvalue weighted by Gasteiger charge is -2.35. The largest absolute Gasteiger partial charge is 0.380 e. The van der Waals surface area contributed by atoms with Gasteiger partial charge in [-0.1, -0.05) is 32.4 Å². The molecular weight excluding hydrogens is 416 g/mol. The third-order valence-electron chi connectivity index (χ3n) is 7.64. The molecule has 2 amide bonds. The molecule has 0 bridgehead atoms. The second-order valence-electron chi connectivity index (χ2n) is 10.4. The number of hydrogen-bond acceptors (Lipinski definition) is 4. The SMILES string of the molecule is CCCC1(C)CCc2cc(-c3ccc(C(=O)N4CCN(C(=O)C5(O)CC5)CC4)cc3)nn2C1. The highest BCUT2D eigenvalue weighted by Gasteiger charge is 2.50. The van der Waals surface area contributed by atoms with Gasteiger partial charge < -0.3 is 14.9 Å². The molecule has 7 heteroatoms. The summed E-state index contributed by atoms with van der Waals surface area (Å²) in [5, 5.41) is 14.9. The summed E-state index contributed by atoms with van der Waals surface area (Å²) in [6.45, 7) is 7.52. The van der Waals surface area contributed by atoms with Crippen molar-refractivity contribution >= 4 is 11.8 Å². The Kier molecular flexibility index (Phi) is 5.55. The number of aromatic nitrogens is 2. The van der Waals surface area contributed by atoms with Gasteiger partial charge in [0.15, 0.2) is 0 Å². The van der Waals surface area contributed by atoms with Crippen LogP contribution in [-0.2, 0) is 17.8 Å². The van der Waals surface area contributed by atoms with E-state index in [9.17, 15) is 14.7 Å². The van der Waals surface area contributed by atoms with E-state index in [4.69, 9.17) is 5.10 Å². The maximum absolute atomic E-state index is 13.0. The molecule has 5 rings (SSSR count). The molecule has 7 nitrogen and oxygen atoms in total. The normalized spacial score (nSPS) is 23.8. The number of rotatable bonds is 5. The van der Waals surface area contributed by atoms with Crippen molar-refractivity contribution in [2.24, 2.45) is 5.41 Å². The minimum Gasteiger partial charge on any atom is -0.380 e. The summed E-state index contributed by atoms with van der Waals surface area (Å²) in [5.74, 6) is -0.199. The van der Waals surface area contributed by atoms with Crippen molar-refractivity contribution in [1.29, 1.82) is 0 Å². The Bertz CT molecular complexity index is 1050. The summed E-state index contributed by atoms with van der Waals surface area (Å²) in [4.78, 5) is 28.8. The van der Waals surface area contributed by atoms with E-state index in [0.717, 1.165) is 24.2 Å². The van der Waals surface area contributed by atoms with E-state index in [2.05, 4.69) is 24.6 Å². The number of carbonyl (C=O) groups is 2. The first-order chi connectivity index (χ1) is 15.8. The molecule has 1 saturated heterocycles. The van der Waals surface area contributed by atoms with E-state index in [0.29, 0.717) is 50.0 Å². The lowest BCUT2D eigenvalue weighted by atomic mass is 9.79. The zero-order chi connectivity index (χ0) is 23.2. The highest BCUT2D eigenvalue weighted by molar-refractivity contribution is 5.95. The van der Waals surface area contributed by atoms with Gasteiger partial charge in [0.25, 0.3) is 11.8 Å². The van der Waals surface area contributed by atoms with Crippen LogP contribution in [0.5, 0.6) is 0 Å². The molecule has 1 aromatic carbocycles. The molecule has 0 spiro atoms. The molecule has 1 N–H and O–H groups in total. The first-order valence-electron chi connectivity index (χ1n) is 12.3. The smallest absolute Gasteiger partial charge is 0.254 e. The first-order valence-corrected chi connectivity index (χ1v) is 12.3. The molecule has 3 aliphatic rings. The van der Waals surface area contributed by atoms with Crippen LogP contribution < -0.4 is 0 Å². The molecule has 1 atom stereocenters. The van der Waals surface area contributed by atoms with E-state index in [1.54, 1.807) is 9.80 Å². The minimum atomic E-state index is -1.14. The molecule has 176 valence electrons. The molecule has 2 aliphatic heterocycles. The fourth-order valence-electron chi connectivity index (χ4n) is 5.32. The van der Waals surface area contributed by atoms with Crippen molar-refractivity contribution in [3.05, 3.63) is 41.6 Å². The number of aryl methyl sites for hydroxylation is 1. The van der Waals surface area contributed by atoms with Crippen LogP contribution in [0.1, 0.15) is 62.0 Å². The van der Waals surface area contributed by atoms with Gasteiger partial charge in [-0.15, -0.1) is 0 Å². The quantitative estimate of drug-likeness (QED) is 0.759. The summed E-state index contributed by atoms with van der Waals surface area (Å²) in [6.07, 6.45) is 5.79. The highest BCUT2D eigenvalue weighted by atomic mass is 16.3. The number of benzene rings is 1. The van der Waals surface area contributed by atoms with E-state index >= 15 is 0 Å². The molecular formula is C26H34N4O3. The number of fused-ring (bicyclic) bond motifs is 1. The minimum absolute atomic E-state index is 0.0155. The molecule has 2 aromatic rings. The Labute approximate surface area is 195 Å². The van der Waals surface area contributed by atoms with Crippen molar-refractivity contribution in [1.82, 2.24) is 19.6 Å². The highest BCUT2D eigenvalue weighted by Crippen LogP contribution is 2.38. The predicted octanol–water partition coefficient (Wildman–Crippen LogP) is 3.11. The van der Waals surface area contributed by atoms with Crippen LogP contribution in [0.3, 0.4) is 0 Å². The van der Waals surface area contributed by atoms with E-state index in [1.165, 1.54) is 25.0 Å². The summed E-state index contributed by atoms with van der Waals surface area (Å²) >= 11 is 0. The molecule has 33 heavy (non-hydrogen) atoms. The summed E-state index contributed by atoms with van der Waals surface area (Å²) < 4.78 is 2.17. The van der Waals surface area contributed by atoms with E-state index < -0.39 is 5.60 Å². The maximum Gasteiger partial charge on any atom is 0.254 e. The summed E-state index contributed by atoms with van der Waals surface area (Å²) in [7, 11) is 0. The third-order valence-corrected chi connectivity index (χ3v) is 7.64. The average Bonchev–Trinajstić information content (AvgIpc) is 3.44. The Hall–Kier alpha value is -2.67. The second-order valence-corrected chi connectivity index (χ2v) is 10.4. The Balaban J connectivity index is 1.22. The van der Waals surface area contributed by atoms with Crippen molar-refractivity contribution in [3.63, 3.8) is 0 Å². The molecule has 2 fully saturated rings. The Morgan fingerprint density at radius 2 is 1.70 bits per heavy atom. The van der Waals surface area contributed by atoms with Crippen molar-refractivity contribution < 1.29 is 14.7 Å². The van der Waals surface area contributed by atoms with Crippen molar-refractivity contribution in [2.45, 2.75) is 64.5 Å². The van der Waals surface area contributed by atoms with Crippen LogP contribution in [0.15, 0.2) is 30.3 Å². The topological polar surface area (TPSA) is 78.7 Å². The Morgan fingerprint density at radius 1 is 1.03 bits per heavy atom. The van der Waals surface area contributed by atoms with E-state index in [1.807, 2.05) is 24.3 Å². The van der Waals surface area contributed by atoms with Gasteiger partial charge in [-0.25, -0.2) is 0 Å². The van der Waals surface area contributed by atoms with Crippen LogP contribution >= 0.6 is 0 Å². The van der Waals surface area contributed by atoms with Crippen LogP contribution in [0.2, 0.25) is 0 Å². The Morgan fingerprint density at radius 3 is 2.33 bits per heavy atom. The van der Waals surface area contributed by atoms with Gasteiger partial charge in [0.05, 0.1) is 5.69 Å². The fraction of sp³-hybridized carbons (Fsp3) is 0.577. The van der Waals surface area contributed by atoms with Crippen molar-refractivity contribution in [3.8, 4) is 11.3 Å². The van der Waals surface area contributed by atoms with Gasteiger partial charge in [0, 0.05) is 49.5 Å². The van der Waals surface area contributed by atoms with Crippen molar-refractivity contribution in [2.75, 3.05) is 26.2 Å². The molecule has 1 saturated carbocycles. The summed E-state index contributed by atoms with van der Waals surface area (Å²) in [5.41, 5.74) is 3.13. The molecule has 1 aromatic heterocycles. The first kappa shape index (κ1) is 22.1. The molecule has 1 unspecified atom stereocenters. The molecule has 3 heterocycles. The summed E-state index contributed by atoms with van der Waals surface area (Å²) in [6, 6.07) is 9.90. The number of nitrogens with zero attached hydrogens (tertiary/aromatic N) is 4. The van der Waals surface area contributed by atoms with Gasteiger partial charge in [0.1, 0.15) is 5.60 Å². The zero-order valence-electron chi connectivity index (χ0n) is 19.7. The number of piperazine rings is 1. The van der Waals surface area contributed by atoms with Gasteiger partial charge in [0.2, 0.25) is 0 Å². The number of aliphatic hydroxyl groups is 1. The lowest BCUT2D eigenvalue weighted by Crippen LogP contribution is -2.53. The standard InChI is InChI=1S/C26H34N4O3/c1-3-9-25(2)10-8-21-17-22(27-30(21)18-25)19-4-6-20(7-5-19)23(31)28-13-15-29(16-14-28)24(32)26(33)11-12-26/h4-7,17,33H,3,8-16,18H2,1-2H3. The van der Waals surface area contributed by atoms with Crippen LogP contribution in [0.4, 0.5) is 0 Å². The van der Waals surface area contributed by atoms with Crippen LogP contribution in [0, 0.1) is 5.41 Å². The number of hydrogen-bond donors (Lipinski definition) is 1. The fourth-order valence-corrected chi connectivity index (χ4v) is 5.32. The number of carbonyl (C=O) groups excluding carboxylic acids is 2. The van der Waals surface area contributed by atoms with Gasteiger partial charge >= 0.3 is 0 Å². The number of amides is 2. The molecule has 1 aliphatic carbocycles. The monoisotopic (exact) mass is 450 g/mol. The van der Waals surface area contributed by atoms with Gasteiger partial charge in [-0.05, 0) is 55.7 Å². The van der Waals surface area contributed by atoms with Gasteiger partial charge in [-0.2, -0.15) is 5.10 Å². The van der Waals surface area contributed by atoms with E-state index in [-0.39, 0.29) is 11.8 Å². The van der Waals surface area contributed by atoms with Gasteiger partial charge in [-0.3, -0.25) is 14.3 Å². The van der Waals surface area contributed by atoms with Crippen LogP contribution in [0.25, 0.3) is 11.3 Å². The molecule has 0 radical (unpaired) electrons. The lowest BCUT2D eigenvalue weighted by molar-refractivity contribution is -0.143. The van der Waals surface area contributed by atoms with Crippen LogP contribution in [-0.4, -0.2) is 68.3 Å². The second kappa shape index (κ2) is 8.28.